The number of rotatable bonds is 6. The summed E-state index contributed by atoms with van der Waals surface area (Å²) in [6, 6.07) is -0.385. The highest BCUT2D eigenvalue weighted by atomic mass is 32.2. The number of hydrogen-bond donors (Lipinski definition) is 2. The van der Waals surface area contributed by atoms with Gasteiger partial charge < -0.3 is 10.6 Å². The number of carbonyl (C=O) groups is 3. The van der Waals surface area contributed by atoms with Gasteiger partial charge in [0.25, 0.3) is 5.91 Å². The first-order chi connectivity index (χ1) is 12.7. The highest BCUT2D eigenvalue weighted by Crippen LogP contribution is 2.35. The van der Waals surface area contributed by atoms with Gasteiger partial charge in [-0.2, -0.15) is 0 Å². The Hall–Kier alpha value is -1.68. The van der Waals surface area contributed by atoms with E-state index in [2.05, 4.69) is 10.6 Å². The summed E-state index contributed by atoms with van der Waals surface area (Å²) in [5, 5.41) is 5.76. The number of amides is 4. The van der Waals surface area contributed by atoms with E-state index in [1.165, 1.54) is 15.5 Å². The van der Waals surface area contributed by atoms with Gasteiger partial charge in [-0.15, -0.1) is 0 Å². The largest absolute Gasteiger partial charge is 0.353 e. The standard InChI is InChI=1S/C17H28N4O5S/c1-27(25,26)20-11-6-13(7-12-20)18-14(22)5-4-10-21-15(23)17(19-16(21)24)8-2-3-9-17/h13H,2-12H2,1H3,(H,18,22)(H,19,24). The van der Waals surface area contributed by atoms with Crippen molar-refractivity contribution in [3.63, 3.8) is 0 Å². The van der Waals surface area contributed by atoms with Crippen LogP contribution in [0.25, 0.3) is 0 Å². The van der Waals surface area contributed by atoms with Crippen molar-refractivity contribution in [1.29, 1.82) is 0 Å². The Morgan fingerprint density at radius 1 is 1.22 bits per heavy atom. The second-order valence-corrected chi connectivity index (χ2v) is 9.77. The lowest BCUT2D eigenvalue weighted by Crippen LogP contribution is -2.46. The minimum atomic E-state index is -3.18. The summed E-state index contributed by atoms with van der Waals surface area (Å²) in [5.41, 5.74) is -0.701. The van der Waals surface area contributed by atoms with Crippen molar-refractivity contribution in [2.75, 3.05) is 25.9 Å². The maximum absolute atomic E-state index is 12.5. The van der Waals surface area contributed by atoms with Crippen molar-refractivity contribution in [1.82, 2.24) is 19.8 Å². The molecule has 1 spiro atoms. The average Bonchev–Trinajstić information content (AvgIpc) is 3.15. The average molecular weight is 401 g/mol. The molecular weight excluding hydrogens is 372 g/mol. The summed E-state index contributed by atoms with van der Waals surface area (Å²) in [6.45, 7) is 1.06. The predicted octanol–water partition coefficient (Wildman–Crippen LogP) is 0.171. The van der Waals surface area contributed by atoms with Gasteiger partial charge in [0.05, 0.1) is 6.26 Å². The first-order valence-electron chi connectivity index (χ1n) is 9.60. The van der Waals surface area contributed by atoms with Crippen molar-refractivity contribution in [2.45, 2.75) is 62.9 Å². The van der Waals surface area contributed by atoms with Crippen LogP contribution in [-0.2, 0) is 19.6 Å². The second kappa shape index (κ2) is 7.75. The molecule has 3 rings (SSSR count). The molecule has 152 valence electrons. The second-order valence-electron chi connectivity index (χ2n) is 7.78. The molecule has 0 aromatic heterocycles. The Kier molecular flexibility index (Phi) is 5.76. The SMILES string of the molecule is CS(=O)(=O)N1CCC(NC(=O)CCCN2C(=O)NC3(CCCC3)C2=O)CC1. The van der Waals surface area contributed by atoms with Gasteiger partial charge in [-0.25, -0.2) is 17.5 Å². The quantitative estimate of drug-likeness (QED) is 0.617. The number of piperidine rings is 1. The van der Waals surface area contributed by atoms with Gasteiger partial charge in [0, 0.05) is 32.1 Å². The molecule has 0 unspecified atom stereocenters. The molecule has 2 heterocycles. The van der Waals surface area contributed by atoms with E-state index in [0.29, 0.717) is 45.2 Å². The molecular formula is C17H28N4O5S. The molecule has 10 heteroatoms. The smallest absolute Gasteiger partial charge is 0.325 e. The summed E-state index contributed by atoms with van der Waals surface area (Å²) in [6.07, 6.45) is 6.31. The summed E-state index contributed by atoms with van der Waals surface area (Å²) in [7, 11) is -3.18. The summed E-state index contributed by atoms with van der Waals surface area (Å²) < 4.78 is 24.4. The Morgan fingerprint density at radius 3 is 2.44 bits per heavy atom. The molecule has 9 nitrogen and oxygen atoms in total. The maximum atomic E-state index is 12.5. The van der Waals surface area contributed by atoms with Crippen molar-refractivity contribution in [3.8, 4) is 0 Å². The number of imide groups is 1. The van der Waals surface area contributed by atoms with E-state index in [4.69, 9.17) is 0 Å². The van der Waals surface area contributed by atoms with E-state index < -0.39 is 15.6 Å². The maximum Gasteiger partial charge on any atom is 0.325 e. The molecule has 1 saturated carbocycles. The molecule has 3 aliphatic rings. The van der Waals surface area contributed by atoms with E-state index in [1.807, 2.05) is 0 Å². The normalized spacial score (nSPS) is 23.8. The molecule has 4 amide bonds. The molecule has 1 aliphatic carbocycles. The zero-order valence-electron chi connectivity index (χ0n) is 15.7. The zero-order valence-corrected chi connectivity index (χ0v) is 16.5. The number of nitrogens with zero attached hydrogens (tertiary/aromatic N) is 2. The topological polar surface area (TPSA) is 116 Å². The highest BCUT2D eigenvalue weighted by Gasteiger charge is 2.52. The number of carbonyl (C=O) groups excluding carboxylic acids is 3. The van der Waals surface area contributed by atoms with Crippen LogP contribution in [-0.4, -0.2) is 72.9 Å². The molecule has 0 bridgehead atoms. The molecule has 0 aromatic carbocycles. The number of urea groups is 1. The van der Waals surface area contributed by atoms with Gasteiger partial charge in [0.1, 0.15) is 5.54 Å². The zero-order chi connectivity index (χ0) is 19.7. The molecule has 3 fully saturated rings. The van der Waals surface area contributed by atoms with Crippen LogP contribution in [0.15, 0.2) is 0 Å². The lowest BCUT2D eigenvalue weighted by molar-refractivity contribution is -0.131. The third kappa shape index (κ3) is 4.43. The molecule has 27 heavy (non-hydrogen) atoms. The molecule has 0 aromatic rings. The number of sulfonamides is 1. The lowest BCUT2D eigenvalue weighted by atomic mass is 9.98. The number of nitrogens with one attached hydrogen (secondary N) is 2. The van der Waals surface area contributed by atoms with Crippen LogP contribution < -0.4 is 10.6 Å². The fourth-order valence-electron chi connectivity index (χ4n) is 4.23. The van der Waals surface area contributed by atoms with Crippen molar-refractivity contribution in [3.05, 3.63) is 0 Å². The van der Waals surface area contributed by atoms with Crippen LogP contribution in [0, 0.1) is 0 Å². The van der Waals surface area contributed by atoms with Gasteiger partial charge in [0.15, 0.2) is 0 Å². The third-order valence-corrected chi connectivity index (χ3v) is 7.08. The molecule has 0 radical (unpaired) electrons. The van der Waals surface area contributed by atoms with Crippen molar-refractivity contribution < 1.29 is 22.8 Å². The number of hydrogen-bond acceptors (Lipinski definition) is 5. The lowest BCUT2D eigenvalue weighted by Gasteiger charge is -2.30. The van der Waals surface area contributed by atoms with E-state index in [0.717, 1.165) is 12.8 Å². The highest BCUT2D eigenvalue weighted by molar-refractivity contribution is 7.88. The molecule has 2 N–H and O–H groups in total. The Bertz CT molecular complexity index is 709. The molecule has 2 saturated heterocycles. The Labute approximate surface area is 159 Å². The minimum Gasteiger partial charge on any atom is -0.353 e. The molecule has 0 atom stereocenters. The van der Waals surface area contributed by atoms with Gasteiger partial charge >= 0.3 is 6.03 Å². The minimum absolute atomic E-state index is 0.0334. The van der Waals surface area contributed by atoms with Gasteiger partial charge in [-0.1, -0.05) is 12.8 Å². The van der Waals surface area contributed by atoms with Crippen molar-refractivity contribution >= 4 is 27.9 Å². The van der Waals surface area contributed by atoms with E-state index >= 15 is 0 Å². The van der Waals surface area contributed by atoms with Gasteiger partial charge in [-0.3, -0.25) is 14.5 Å². The Balaban J connectivity index is 1.39. The van der Waals surface area contributed by atoms with Crippen LogP contribution in [0.1, 0.15) is 51.4 Å². The van der Waals surface area contributed by atoms with Crippen LogP contribution in [0.4, 0.5) is 4.79 Å². The van der Waals surface area contributed by atoms with E-state index in [-0.39, 0.29) is 36.9 Å². The molecule has 2 aliphatic heterocycles. The van der Waals surface area contributed by atoms with Gasteiger partial charge in [-0.05, 0) is 32.1 Å². The fourth-order valence-corrected chi connectivity index (χ4v) is 5.10. The Morgan fingerprint density at radius 2 is 1.85 bits per heavy atom. The predicted molar refractivity (Wildman–Crippen MR) is 98.3 cm³/mol. The summed E-state index contributed by atoms with van der Waals surface area (Å²) in [4.78, 5) is 38.0. The van der Waals surface area contributed by atoms with Crippen LogP contribution in [0.2, 0.25) is 0 Å². The first kappa shape index (κ1) is 20.1. The van der Waals surface area contributed by atoms with Crippen LogP contribution in [0.3, 0.4) is 0 Å². The van der Waals surface area contributed by atoms with E-state index in [1.54, 1.807) is 0 Å². The fraction of sp³-hybridized carbons (Fsp3) is 0.824. The van der Waals surface area contributed by atoms with E-state index in [9.17, 15) is 22.8 Å². The first-order valence-corrected chi connectivity index (χ1v) is 11.4. The van der Waals surface area contributed by atoms with Crippen molar-refractivity contribution in [2.24, 2.45) is 0 Å². The van der Waals surface area contributed by atoms with Crippen LogP contribution >= 0.6 is 0 Å². The third-order valence-electron chi connectivity index (χ3n) is 5.78. The monoisotopic (exact) mass is 400 g/mol. The summed E-state index contributed by atoms with van der Waals surface area (Å²) >= 11 is 0. The summed E-state index contributed by atoms with van der Waals surface area (Å²) in [5.74, 6) is -0.283. The van der Waals surface area contributed by atoms with Crippen LogP contribution in [0.5, 0.6) is 0 Å². The van der Waals surface area contributed by atoms with Gasteiger partial charge in [0.2, 0.25) is 15.9 Å².